The van der Waals surface area contributed by atoms with Gasteiger partial charge in [0.25, 0.3) is 0 Å². The van der Waals surface area contributed by atoms with Crippen molar-refractivity contribution in [2.24, 2.45) is 10.2 Å². The number of nitrogens with one attached hydrogen (secondary N) is 1. The fourth-order valence-corrected chi connectivity index (χ4v) is 2.73. The molecule has 0 aliphatic heterocycles. The molecule has 2 aromatic carbocycles. The van der Waals surface area contributed by atoms with Gasteiger partial charge in [-0.2, -0.15) is 10.8 Å². The first-order chi connectivity index (χ1) is 10.4. The first-order valence-electron chi connectivity index (χ1n) is 6.37. The third-order valence-corrected chi connectivity index (χ3v) is 3.60. The number of thiazole rings is 1. The van der Waals surface area contributed by atoms with E-state index in [2.05, 4.69) is 32.7 Å². The molecule has 0 aliphatic rings. The molecule has 3 aromatic rings. The largest absolute Gasteiger partial charge is 1.00 e. The predicted molar refractivity (Wildman–Crippen MR) is 85.4 cm³/mol. The Labute approximate surface area is 163 Å². The van der Waals surface area contributed by atoms with Crippen LogP contribution in [0.3, 0.4) is 0 Å². The number of nitrogens with zero attached hydrogens (tertiary/aromatic N) is 3. The van der Waals surface area contributed by atoms with Crippen molar-refractivity contribution in [3.8, 4) is 11.3 Å². The second kappa shape index (κ2) is 9.73. The zero-order chi connectivity index (χ0) is 14.5. The summed E-state index contributed by atoms with van der Waals surface area (Å²) in [4.78, 5) is 4.62. The number of anilines is 2. The molecule has 0 spiro atoms. The summed E-state index contributed by atoms with van der Waals surface area (Å²) in [5.74, 6) is 0. The first-order valence-corrected chi connectivity index (χ1v) is 7.19. The van der Waals surface area contributed by atoms with E-state index in [0.29, 0.717) is 0 Å². The topological polar surface area (TPSA) is 49.6 Å². The molecule has 0 radical (unpaired) electrons. The van der Waals surface area contributed by atoms with E-state index in [1.807, 2.05) is 42.5 Å². The fourth-order valence-electron chi connectivity index (χ4n) is 1.86. The van der Waals surface area contributed by atoms with E-state index in [9.17, 15) is 0 Å². The Morgan fingerprint density at radius 3 is 2.43 bits per heavy atom. The van der Waals surface area contributed by atoms with E-state index in [-0.39, 0.29) is 37.7 Å². The van der Waals surface area contributed by atoms with E-state index in [1.54, 1.807) is 13.1 Å². The van der Waals surface area contributed by atoms with Crippen LogP contribution in [0.4, 0.5) is 15.8 Å². The molecule has 0 fully saturated rings. The summed E-state index contributed by atoms with van der Waals surface area (Å²) in [5.41, 5.74) is 2.75. The van der Waals surface area contributed by atoms with Crippen LogP contribution in [0.2, 0.25) is 0 Å². The third kappa shape index (κ3) is 5.07. The molecule has 104 valence electrons. The van der Waals surface area contributed by atoms with Gasteiger partial charge in [0, 0.05) is 12.6 Å². The van der Waals surface area contributed by atoms with Crippen molar-refractivity contribution in [1.29, 1.82) is 0 Å². The Hall–Kier alpha value is -1.34. The maximum atomic E-state index is 4.62. The zero-order valence-corrected chi connectivity index (χ0v) is 14.2. The fraction of sp³-hybridized carbons (Fsp3) is 0.0625. The maximum absolute atomic E-state index is 4.62. The van der Waals surface area contributed by atoms with Gasteiger partial charge in [0.1, 0.15) is 5.69 Å². The Kier molecular flexibility index (Phi) is 8.33. The van der Waals surface area contributed by atoms with Gasteiger partial charge < -0.3 is 23.5 Å². The Bertz CT molecular complexity index is 745. The van der Waals surface area contributed by atoms with Crippen molar-refractivity contribution in [2.75, 3.05) is 12.4 Å². The van der Waals surface area contributed by atoms with E-state index >= 15 is 0 Å². The molecular weight excluding hydrogens is 294 g/mol. The maximum Gasteiger partial charge on any atom is 1.00 e. The minimum absolute atomic E-state index is 0. The summed E-state index contributed by atoms with van der Waals surface area (Å²) in [6.07, 6.45) is 0. The summed E-state index contributed by atoms with van der Waals surface area (Å²) in [5, 5.41) is 12.8. The molecule has 0 bridgehead atoms. The second-order valence-corrected chi connectivity index (χ2v) is 5.16. The summed E-state index contributed by atoms with van der Waals surface area (Å²) < 4.78 is 0. The number of hydrogen-bond donors (Lipinski definition) is 1. The minimum atomic E-state index is 0. The average Bonchev–Trinajstić information content (AvgIpc) is 2.92. The summed E-state index contributed by atoms with van der Waals surface area (Å²) in [7, 11) is 1.66. The van der Waals surface area contributed by atoms with Crippen LogP contribution in [0.25, 0.3) is 11.3 Å². The average molecular weight is 306 g/mol. The number of aromatic nitrogens is 1. The van der Waals surface area contributed by atoms with Crippen LogP contribution >= 0.6 is 11.3 Å². The molecule has 0 atom stereocenters. The van der Waals surface area contributed by atoms with E-state index < -0.39 is 0 Å². The van der Waals surface area contributed by atoms with Crippen molar-refractivity contribution < 1.29 is 37.7 Å². The monoisotopic (exact) mass is 306 g/mol. The predicted octanol–water partition coefficient (Wildman–Crippen LogP) is -1.12. The van der Waals surface area contributed by atoms with E-state index in [0.717, 1.165) is 27.1 Å². The van der Waals surface area contributed by atoms with Crippen LogP contribution < -0.4 is 43.0 Å². The van der Waals surface area contributed by atoms with Crippen LogP contribution in [0.5, 0.6) is 0 Å². The molecule has 0 amide bonds. The van der Waals surface area contributed by atoms with Gasteiger partial charge in [0.2, 0.25) is 0 Å². The molecule has 1 N–H and O–H groups in total. The van der Waals surface area contributed by atoms with Crippen LogP contribution in [-0.2, 0) is 0 Å². The van der Waals surface area contributed by atoms with Crippen molar-refractivity contribution >= 4 is 27.2 Å². The Morgan fingerprint density at radius 2 is 1.78 bits per heavy atom. The first kappa shape index (κ1) is 19.7. The molecule has 0 saturated heterocycles. The standard InChI is InChI=1S/C16H12N4S.2Li/c1-17-20-15-14(12-8-4-2-5-9-12)19-16(21-15)18-13-10-6-3-7-11-13;;/h2-5,8-11H,1H3,(H,18,19);;/q-2;2*+1. The van der Waals surface area contributed by atoms with Crippen LogP contribution in [-0.4, -0.2) is 12.0 Å². The number of azo groups is 1. The molecule has 1 aromatic heterocycles. The van der Waals surface area contributed by atoms with Crippen molar-refractivity contribution in [3.63, 3.8) is 0 Å². The van der Waals surface area contributed by atoms with Crippen LogP contribution in [0, 0.1) is 12.1 Å². The van der Waals surface area contributed by atoms with Gasteiger partial charge in [-0.05, 0) is 0 Å². The molecule has 7 heteroatoms. The molecule has 3 rings (SSSR count). The molecule has 4 nitrogen and oxygen atoms in total. The van der Waals surface area contributed by atoms with Gasteiger partial charge in [-0.3, -0.25) is 12.1 Å². The molecule has 1 heterocycles. The molecule has 0 saturated carbocycles. The third-order valence-electron chi connectivity index (χ3n) is 2.74. The molecule has 0 aliphatic carbocycles. The van der Waals surface area contributed by atoms with Crippen molar-refractivity contribution in [1.82, 2.24) is 4.98 Å². The van der Waals surface area contributed by atoms with Gasteiger partial charge in [-0.25, -0.2) is 4.98 Å². The molecule has 0 unspecified atom stereocenters. The Balaban J connectivity index is 0.00000132. The second-order valence-electron chi connectivity index (χ2n) is 4.19. The Morgan fingerprint density at radius 1 is 1.09 bits per heavy atom. The van der Waals surface area contributed by atoms with Crippen LogP contribution in [0.15, 0.2) is 58.8 Å². The smallest absolute Gasteiger partial charge is 0.438 e. The zero-order valence-electron chi connectivity index (χ0n) is 13.4. The van der Waals surface area contributed by atoms with Crippen LogP contribution in [0.1, 0.15) is 0 Å². The van der Waals surface area contributed by atoms with Crippen molar-refractivity contribution in [3.05, 3.63) is 60.7 Å². The molecule has 23 heavy (non-hydrogen) atoms. The van der Waals surface area contributed by atoms with E-state index in [1.165, 1.54) is 11.3 Å². The summed E-state index contributed by atoms with van der Waals surface area (Å²) in [6.45, 7) is 0. The SMILES string of the molecule is CN=Nc1sc(Nc2c[c-]c[c-]c2)nc1-c1ccccc1.[Li+].[Li+]. The van der Waals surface area contributed by atoms with Gasteiger partial charge >= 0.3 is 37.7 Å². The van der Waals surface area contributed by atoms with Gasteiger partial charge in [0.15, 0.2) is 10.1 Å². The summed E-state index contributed by atoms with van der Waals surface area (Å²) >= 11 is 1.46. The number of rotatable bonds is 4. The minimum Gasteiger partial charge on any atom is -0.438 e. The summed E-state index contributed by atoms with van der Waals surface area (Å²) in [6, 6.07) is 21.3. The van der Waals surface area contributed by atoms with Crippen molar-refractivity contribution in [2.45, 2.75) is 0 Å². The molecular formula is C16H12Li2N4S. The van der Waals surface area contributed by atoms with Gasteiger partial charge in [0.05, 0.1) is 0 Å². The van der Waals surface area contributed by atoms with Gasteiger partial charge in [-0.15, -0.1) is 5.11 Å². The number of hydrogen-bond acceptors (Lipinski definition) is 5. The normalized spacial score (nSPS) is 9.96. The number of benzene rings is 2. The quantitative estimate of drug-likeness (QED) is 0.377. The van der Waals surface area contributed by atoms with Gasteiger partial charge in [-0.1, -0.05) is 41.7 Å². The van der Waals surface area contributed by atoms with E-state index in [4.69, 9.17) is 0 Å².